The van der Waals surface area contributed by atoms with Gasteiger partial charge in [-0.15, -0.1) is 0 Å². The Bertz CT molecular complexity index is 808. The van der Waals surface area contributed by atoms with E-state index in [0.717, 1.165) is 35.1 Å². The van der Waals surface area contributed by atoms with Crippen molar-refractivity contribution >= 4 is 21.4 Å². The Morgan fingerprint density at radius 1 is 0.964 bits per heavy atom. The second-order valence-corrected chi connectivity index (χ2v) is 11.5. The zero-order chi connectivity index (χ0) is 21.2. The van der Waals surface area contributed by atoms with Crippen molar-refractivity contribution in [3.05, 3.63) is 34.4 Å². The van der Waals surface area contributed by atoms with E-state index in [9.17, 15) is 18.0 Å². The van der Waals surface area contributed by atoms with E-state index < -0.39 is 26.3 Å². The fourth-order valence-corrected chi connectivity index (χ4v) is 5.99. The van der Waals surface area contributed by atoms with Gasteiger partial charge < -0.3 is 0 Å². The Morgan fingerprint density at radius 3 is 1.82 bits per heavy atom. The van der Waals surface area contributed by atoms with Crippen LogP contribution >= 0.6 is 0 Å². The Morgan fingerprint density at radius 2 is 1.43 bits per heavy atom. The van der Waals surface area contributed by atoms with Crippen LogP contribution in [0, 0.1) is 12.8 Å². The minimum absolute atomic E-state index is 0.0522. The third-order valence-electron chi connectivity index (χ3n) is 6.05. The van der Waals surface area contributed by atoms with Crippen molar-refractivity contribution in [3.63, 3.8) is 0 Å². The largest absolute Gasteiger partial charge is 0.299 e. The zero-order valence-corrected chi connectivity index (χ0v) is 18.9. The van der Waals surface area contributed by atoms with Crippen molar-refractivity contribution in [3.8, 4) is 0 Å². The molecule has 0 saturated heterocycles. The van der Waals surface area contributed by atoms with Crippen molar-refractivity contribution < 1.29 is 18.0 Å². The average Bonchev–Trinajstić information content (AvgIpc) is 2.61. The molecule has 2 rings (SSSR count). The van der Waals surface area contributed by atoms with E-state index in [1.807, 2.05) is 6.92 Å². The number of carbonyl (C=O) groups excluding carboxylic acids is 2. The van der Waals surface area contributed by atoms with Gasteiger partial charge in [-0.3, -0.25) is 9.59 Å². The molecule has 1 unspecified atom stereocenters. The molecule has 0 radical (unpaired) electrons. The number of Topliss-reactive ketones (excluding diaryl/α,β-unsaturated/α-hetero) is 2. The summed E-state index contributed by atoms with van der Waals surface area (Å²) in [5.74, 6) is -0.966. The number of ketones is 2. The maximum absolute atomic E-state index is 13.0. The molecule has 4 nitrogen and oxygen atoms in total. The molecule has 0 aliphatic heterocycles. The van der Waals surface area contributed by atoms with Gasteiger partial charge in [0.15, 0.2) is 9.84 Å². The lowest BCUT2D eigenvalue weighted by Crippen LogP contribution is -2.36. The second-order valence-electron chi connectivity index (χ2n) is 8.53. The van der Waals surface area contributed by atoms with Crippen LogP contribution in [0.4, 0.5) is 0 Å². The molecule has 1 aliphatic carbocycles. The third-order valence-corrected chi connectivity index (χ3v) is 8.68. The summed E-state index contributed by atoms with van der Waals surface area (Å²) in [6, 6.07) is 4.16. The van der Waals surface area contributed by atoms with Gasteiger partial charge in [0, 0.05) is 12.8 Å². The molecule has 28 heavy (non-hydrogen) atoms. The number of hydrogen-bond donors (Lipinski definition) is 0. The van der Waals surface area contributed by atoms with E-state index in [-0.39, 0.29) is 30.3 Å². The first-order chi connectivity index (χ1) is 13.0. The maximum atomic E-state index is 13.0. The molecule has 1 aromatic rings. The summed E-state index contributed by atoms with van der Waals surface area (Å²) < 4.78 is 24.8. The van der Waals surface area contributed by atoms with Crippen molar-refractivity contribution in [2.45, 2.75) is 90.1 Å². The Labute approximate surface area is 170 Å². The fraction of sp³-hybridized carbons (Fsp3) is 0.652. The van der Waals surface area contributed by atoms with E-state index >= 15 is 0 Å². The first-order valence-corrected chi connectivity index (χ1v) is 12.0. The summed E-state index contributed by atoms with van der Waals surface area (Å²) in [7, 11) is -3.23. The molecule has 1 saturated carbocycles. The number of aryl methyl sites for hydroxylation is 3. The monoisotopic (exact) mass is 406 g/mol. The van der Waals surface area contributed by atoms with Crippen LogP contribution in [0.1, 0.15) is 82.1 Å². The minimum atomic E-state index is -3.23. The summed E-state index contributed by atoms with van der Waals surface area (Å²) >= 11 is 0. The second kappa shape index (κ2) is 8.89. The van der Waals surface area contributed by atoms with Gasteiger partial charge in [-0.2, -0.15) is 0 Å². The molecule has 1 atom stereocenters. The number of rotatable bonds is 7. The van der Waals surface area contributed by atoms with Gasteiger partial charge in [-0.1, -0.05) is 31.5 Å². The minimum Gasteiger partial charge on any atom is -0.299 e. The summed E-state index contributed by atoms with van der Waals surface area (Å²) in [6.07, 6.45) is 2.52. The average molecular weight is 407 g/mol. The highest BCUT2D eigenvalue weighted by Crippen LogP contribution is 2.37. The molecule has 0 aromatic heterocycles. The van der Waals surface area contributed by atoms with E-state index in [1.54, 1.807) is 20.8 Å². The molecule has 156 valence electrons. The maximum Gasteiger partial charge on any atom is 0.155 e. The lowest BCUT2D eigenvalue weighted by atomic mass is 9.72. The Balaban J connectivity index is 2.29. The first kappa shape index (κ1) is 22.8. The standard InChI is InChI=1S/C23H34O4S/c1-7-18-9-15(5)10-19(8-2)22(18)23-20(24)12-17(13-21(23)25)11-16(6)28(26,27)14(3)4/h9-10,14,16-17,23H,7-8,11-13H2,1-6H3. The zero-order valence-electron chi connectivity index (χ0n) is 18.0. The molecule has 1 aromatic carbocycles. The summed E-state index contributed by atoms with van der Waals surface area (Å²) in [6.45, 7) is 11.2. The lowest BCUT2D eigenvalue weighted by molar-refractivity contribution is -0.133. The molecule has 0 spiro atoms. The van der Waals surface area contributed by atoms with Gasteiger partial charge >= 0.3 is 0 Å². The highest BCUT2D eigenvalue weighted by atomic mass is 32.2. The Hall–Kier alpha value is -1.49. The number of sulfone groups is 1. The van der Waals surface area contributed by atoms with Crippen molar-refractivity contribution in [1.82, 2.24) is 0 Å². The van der Waals surface area contributed by atoms with Gasteiger partial charge in [0.05, 0.1) is 10.5 Å². The normalized spacial score (nSPS) is 22.0. The predicted octanol–water partition coefficient (Wildman–Crippen LogP) is 4.35. The van der Waals surface area contributed by atoms with Crippen LogP contribution in [-0.4, -0.2) is 30.5 Å². The van der Waals surface area contributed by atoms with Crippen LogP contribution in [-0.2, 0) is 32.3 Å². The van der Waals surface area contributed by atoms with Crippen LogP contribution in [0.25, 0.3) is 0 Å². The van der Waals surface area contributed by atoms with E-state index in [0.29, 0.717) is 6.42 Å². The number of benzene rings is 1. The summed E-state index contributed by atoms with van der Waals surface area (Å²) in [5, 5.41) is -0.983. The SMILES string of the molecule is CCc1cc(C)cc(CC)c1C1C(=O)CC(CC(C)S(=O)(=O)C(C)C)CC1=O. The summed E-state index contributed by atoms with van der Waals surface area (Å²) in [5.41, 5.74) is 4.22. The van der Waals surface area contributed by atoms with Crippen molar-refractivity contribution in [1.29, 1.82) is 0 Å². The van der Waals surface area contributed by atoms with Crippen LogP contribution in [0.5, 0.6) is 0 Å². The van der Waals surface area contributed by atoms with Crippen molar-refractivity contribution in [2.75, 3.05) is 0 Å². The molecule has 1 fully saturated rings. The Kier molecular flexibility index (Phi) is 7.24. The molecule has 0 heterocycles. The molecular formula is C23H34O4S. The number of hydrogen-bond acceptors (Lipinski definition) is 4. The third kappa shape index (κ3) is 4.56. The van der Waals surface area contributed by atoms with Crippen molar-refractivity contribution in [2.24, 2.45) is 5.92 Å². The fourth-order valence-electron chi connectivity index (χ4n) is 4.52. The smallest absolute Gasteiger partial charge is 0.155 e. The van der Waals surface area contributed by atoms with E-state index in [4.69, 9.17) is 0 Å². The van der Waals surface area contributed by atoms with Crippen LogP contribution in [0.2, 0.25) is 0 Å². The molecule has 0 N–H and O–H groups in total. The predicted molar refractivity (Wildman–Crippen MR) is 114 cm³/mol. The molecular weight excluding hydrogens is 372 g/mol. The molecule has 1 aliphatic rings. The van der Waals surface area contributed by atoms with Crippen LogP contribution in [0.3, 0.4) is 0 Å². The molecule has 0 amide bonds. The van der Waals surface area contributed by atoms with Crippen LogP contribution in [0.15, 0.2) is 12.1 Å². The van der Waals surface area contributed by atoms with Crippen LogP contribution < -0.4 is 0 Å². The van der Waals surface area contributed by atoms with Gasteiger partial charge in [0.2, 0.25) is 0 Å². The van der Waals surface area contributed by atoms with Gasteiger partial charge in [-0.05, 0) is 69.6 Å². The highest BCUT2D eigenvalue weighted by Gasteiger charge is 2.40. The molecule has 0 bridgehead atoms. The number of carbonyl (C=O) groups is 2. The van der Waals surface area contributed by atoms with Gasteiger partial charge in [-0.25, -0.2) is 8.42 Å². The quantitative estimate of drug-likeness (QED) is 0.631. The van der Waals surface area contributed by atoms with E-state index in [1.165, 1.54) is 0 Å². The van der Waals surface area contributed by atoms with Gasteiger partial charge in [0.25, 0.3) is 0 Å². The molecule has 5 heteroatoms. The lowest BCUT2D eigenvalue weighted by Gasteiger charge is -2.31. The van der Waals surface area contributed by atoms with E-state index in [2.05, 4.69) is 26.0 Å². The highest BCUT2D eigenvalue weighted by molar-refractivity contribution is 7.92. The summed E-state index contributed by atoms with van der Waals surface area (Å²) in [4.78, 5) is 26.1. The topological polar surface area (TPSA) is 68.3 Å². The first-order valence-electron chi connectivity index (χ1n) is 10.4. The van der Waals surface area contributed by atoms with Gasteiger partial charge in [0.1, 0.15) is 17.5 Å².